The fraction of sp³-hybridized carbons (Fsp3) is 0.816. The molecule has 3 unspecified atom stereocenters. The topological polar surface area (TPSA) is 135 Å². The highest BCUT2D eigenvalue weighted by molar-refractivity contribution is 5.78. The molecule has 0 saturated carbocycles. The summed E-state index contributed by atoms with van der Waals surface area (Å²) >= 11 is 0. The summed E-state index contributed by atoms with van der Waals surface area (Å²) in [6.45, 7) is 7.88. The molecule has 282 valence electrons. The van der Waals surface area contributed by atoms with Gasteiger partial charge in [-0.15, -0.1) is 0 Å². The Morgan fingerprint density at radius 2 is 0.939 bits per heavy atom. The molecule has 0 aromatic carbocycles. The smallest absolute Gasteiger partial charge is 0.320 e. The molecule has 0 fully saturated rings. The van der Waals surface area contributed by atoms with Gasteiger partial charge in [0.1, 0.15) is 0 Å². The molecule has 11 heteroatoms. The second-order valence-corrected chi connectivity index (χ2v) is 13.0. The van der Waals surface area contributed by atoms with Crippen LogP contribution in [-0.2, 0) is 47.7 Å². The Morgan fingerprint density at radius 3 is 1.39 bits per heavy atom. The molecule has 1 aliphatic carbocycles. The van der Waals surface area contributed by atoms with Gasteiger partial charge in [0, 0.05) is 18.3 Å². The zero-order chi connectivity index (χ0) is 36.1. The third-order valence-electron chi connectivity index (χ3n) is 8.57. The van der Waals surface area contributed by atoms with Crippen LogP contribution in [0.4, 0.5) is 0 Å². The van der Waals surface area contributed by atoms with Crippen molar-refractivity contribution in [3.63, 3.8) is 0 Å². The summed E-state index contributed by atoms with van der Waals surface area (Å²) in [5.74, 6) is -3.85. The molecule has 0 N–H and O–H groups in total. The maximum Gasteiger partial charge on any atom is 0.320 e. The lowest BCUT2D eigenvalue weighted by molar-refractivity contribution is -0.161. The van der Waals surface area contributed by atoms with E-state index in [-0.39, 0.29) is 71.0 Å². The average molecular weight is 696 g/mol. The molecule has 0 radical (unpaired) electrons. The van der Waals surface area contributed by atoms with Gasteiger partial charge in [-0.25, -0.2) is 0 Å². The monoisotopic (exact) mass is 695 g/mol. The van der Waals surface area contributed by atoms with Crippen LogP contribution in [0.1, 0.15) is 130 Å². The van der Waals surface area contributed by atoms with E-state index in [1.54, 1.807) is 6.92 Å². The molecule has 0 bridgehead atoms. The van der Waals surface area contributed by atoms with Gasteiger partial charge in [0.2, 0.25) is 0 Å². The SMILES string of the molecule is CCCCCCCCOC(=O)CN(CC(=O)OCCCCCCCC)CC(=O)OCC1CC=CCC(COC(=O)CC)C1C(=O)OCCC. The van der Waals surface area contributed by atoms with Crippen LogP contribution in [-0.4, -0.2) is 87.4 Å². The molecule has 3 atom stereocenters. The van der Waals surface area contributed by atoms with Crippen molar-refractivity contribution in [2.24, 2.45) is 17.8 Å². The maximum absolute atomic E-state index is 13.2. The molecule has 49 heavy (non-hydrogen) atoms. The molecule has 0 amide bonds. The van der Waals surface area contributed by atoms with E-state index in [0.717, 1.165) is 64.2 Å². The highest BCUT2D eigenvalue weighted by atomic mass is 16.6. The first kappa shape index (κ1) is 44.1. The van der Waals surface area contributed by atoms with E-state index in [0.29, 0.717) is 19.3 Å². The van der Waals surface area contributed by atoms with Crippen LogP contribution in [0.3, 0.4) is 0 Å². The van der Waals surface area contributed by atoms with Gasteiger partial charge in [-0.1, -0.05) is 104 Å². The summed E-state index contributed by atoms with van der Waals surface area (Å²) in [4.78, 5) is 65.0. The number of hydrogen-bond acceptors (Lipinski definition) is 11. The average Bonchev–Trinajstić information content (AvgIpc) is 3.29. The number of carbonyl (C=O) groups excluding carboxylic acids is 5. The number of nitrogens with zero attached hydrogens (tertiary/aromatic N) is 1. The number of ether oxygens (including phenoxy) is 5. The molecule has 0 aromatic heterocycles. The van der Waals surface area contributed by atoms with Gasteiger partial charge in [0.25, 0.3) is 0 Å². The van der Waals surface area contributed by atoms with Crippen LogP contribution in [0.15, 0.2) is 12.2 Å². The van der Waals surface area contributed by atoms with Crippen molar-refractivity contribution in [2.75, 3.05) is 52.7 Å². The van der Waals surface area contributed by atoms with E-state index in [4.69, 9.17) is 23.7 Å². The Hall–Kier alpha value is -2.95. The maximum atomic E-state index is 13.2. The molecule has 0 aliphatic heterocycles. The van der Waals surface area contributed by atoms with Crippen molar-refractivity contribution < 1.29 is 47.7 Å². The van der Waals surface area contributed by atoms with Gasteiger partial charge < -0.3 is 23.7 Å². The highest BCUT2D eigenvalue weighted by Crippen LogP contribution is 2.32. The zero-order valence-electron chi connectivity index (χ0n) is 30.9. The lowest BCUT2D eigenvalue weighted by Gasteiger charge is -2.29. The van der Waals surface area contributed by atoms with Crippen LogP contribution < -0.4 is 0 Å². The summed E-state index contributed by atoms with van der Waals surface area (Å²) in [5, 5.41) is 0. The third kappa shape index (κ3) is 21.7. The van der Waals surface area contributed by atoms with Gasteiger partial charge in [0.15, 0.2) is 0 Å². The van der Waals surface area contributed by atoms with E-state index < -0.39 is 35.7 Å². The Morgan fingerprint density at radius 1 is 0.510 bits per heavy atom. The van der Waals surface area contributed by atoms with Gasteiger partial charge in [-0.3, -0.25) is 28.9 Å². The summed E-state index contributed by atoms with van der Waals surface area (Å²) in [7, 11) is 0. The minimum absolute atomic E-state index is 0.0584. The summed E-state index contributed by atoms with van der Waals surface area (Å²) in [5.41, 5.74) is 0. The van der Waals surface area contributed by atoms with E-state index in [1.807, 2.05) is 19.1 Å². The second-order valence-electron chi connectivity index (χ2n) is 13.0. The number of esters is 5. The molecular formula is C38H65NO10. The first-order chi connectivity index (χ1) is 23.7. The largest absolute Gasteiger partial charge is 0.465 e. The van der Waals surface area contributed by atoms with Crippen LogP contribution in [0.2, 0.25) is 0 Å². The standard InChI is InChI=1S/C38H65NO10/c1-5-9-11-13-15-19-24-45-34(41)26-39(27-35(42)46-25-20-16-14-12-10-6-2)28-36(43)49-30-32-22-18-17-21-31(29-48-33(40)8-4)37(32)38(44)47-23-7-3/h17-18,31-32,37H,5-16,19-30H2,1-4H3. The van der Waals surface area contributed by atoms with Crippen LogP contribution in [0, 0.1) is 17.8 Å². The third-order valence-corrected chi connectivity index (χ3v) is 8.57. The predicted octanol–water partition coefficient (Wildman–Crippen LogP) is 6.74. The predicted molar refractivity (Wildman–Crippen MR) is 187 cm³/mol. The van der Waals surface area contributed by atoms with E-state index in [1.165, 1.54) is 17.7 Å². The lowest BCUT2D eigenvalue weighted by Crippen LogP contribution is -2.41. The molecule has 0 aromatic rings. The Balaban J connectivity index is 2.84. The molecule has 0 heterocycles. The van der Waals surface area contributed by atoms with Gasteiger partial charge in [-0.05, 0) is 32.1 Å². The molecule has 1 rings (SSSR count). The van der Waals surface area contributed by atoms with Crippen molar-refractivity contribution in [1.82, 2.24) is 4.90 Å². The minimum Gasteiger partial charge on any atom is -0.465 e. The zero-order valence-corrected chi connectivity index (χ0v) is 30.9. The number of carbonyl (C=O) groups is 5. The summed E-state index contributed by atoms with van der Waals surface area (Å²) in [6, 6.07) is 0. The van der Waals surface area contributed by atoms with Crippen molar-refractivity contribution >= 4 is 29.8 Å². The fourth-order valence-electron chi connectivity index (χ4n) is 5.74. The van der Waals surface area contributed by atoms with E-state index in [2.05, 4.69) is 13.8 Å². The number of allylic oxidation sites excluding steroid dienone is 2. The quantitative estimate of drug-likeness (QED) is 0.0373. The number of rotatable bonds is 28. The van der Waals surface area contributed by atoms with Gasteiger partial charge in [-0.2, -0.15) is 0 Å². The molecule has 1 aliphatic rings. The lowest BCUT2D eigenvalue weighted by atomic mass is 9.80. The van der Waals surface area contributed by atoms with Gasteiger partial charge >= 0.3 is 29.8 Å². The van der Waals surface area contributed by atoms with Crippen molar-refractivity contribution in [3.8, 4) is 0 Å². The van der Waals surface area contributed by atoms with Gasteiger partial charge in [0.05, 0.1) is 58.6 Å². The van der Waals surface area contributed by atoms with E-state index in [9.17, 15) is 24.0 Å². The Bertz CT molecular complexity index is 936. The number of unbranched alkanes of at least 4 members (excludes halogenated alkanes) is 10. The molecule has 0 saturated heterocycles. The molecular weight excluding hydrogens is 630 g/mol. The van der Waals surface area contributed by atoms with Crippen LogP contribution in [0.5, 0.6) is 0 Å². The van der Waals surface area contributed by atoms with E-state index >= 15 is 0 Å². The fourth-order valence-corrected chi connectivity index (χ4v) is 5.74. The molecule has 11 nitrogen and oxygen atoms in total. The van der Waals surface area contributed by atoms with Crippen molar-refractivity contribution in [3.05, 3.63) is 12.2 Å². The van der Waals surface area contributed by atoms with Crippen molar-refractivity contribution in [1.29, 1.82) is 0 Å². The number of hydrogen-bond donors (Lipinski definition) is 0. The summed E-state index contributed by atoms with van der Waals surface area (Å²) < 4.78 is 27.4. The Labute approximate surface area is 295 Å². The van der Waals surface area contributed by atoms with Crippen LogP contribution >= 0.6 is 0 Å². The first-order valence-corrected chi connectivity index (χ1v) is 18.9. The molecule has 0 spiro atoms. The minimum atomic E-state index is -0.649. The second kappa shape index (κ2) is 28.8. The van der Waals surface area contributed by atoms with Crippen LogP contribution in [0.25, 0.3) is 0 Å². The highest BCUT2D eigenvalue weighted by Gasteiger charge is 2.38. The summed E-state index contributed by atoms with van der Waals surface area (Å²) in [6.07, 6.45) is 18.4. The normalized spacial score (nSPS) is 17.3. The first-order valence-electron chi connectivity index (χ1n) is 18.9. The Kier molecular flexibility index (Phi) is 25.9. The van der Waals surface area contributed by atoms with Crippen molar-refractivity contribution in [2.45, 2.75) is 130 Å².